The Kier molecular flexibility index (Phi) is 4.36. The summed E-state index contributed by atoms with van der Waals surface area (Å²) in [7, 11) is 0. The first-order valence-electron chi connectivity index (χ1n) is 4.40. The molecule has 84 valence electrons. The minimum atomic E-state index is -0.965. The smallest absolute Gasteiger partial charge is 0.345 e. The van der Waals surface area contributed by atoms with Gasteiger partial charge in [0.15, 0.2) is 0 Å². The second-order valence-electron chi connectivity index (χ2n) is 2.81. The molecule has 0 radical (unpaired) electrons. The molecule has 16 heavy (non-hydrogen) atoms. The predicted molar refractivity (Wildman–Crippen MR) is 60.3 cm³/mol. The third-order valence-electron chi connectivity index (χ3n) is 1.65. The van der Waals surface area contributed by atoms with Crippen LogP contribution in [0.1, 0.15) is 14.5 Å². The summed E-state index contributed by atoms with van der Waals surface area (Å²) in [6.45, 7) is 0.449. The highest BCUT2D eigenvalue weighted by molar-refractivity contribution is 7.13. The number of hydrogen-bond donors (Lipinski definition) is 3. The van der Waals surface area contributed by atoms with Gasteiger partial charge in [0.05, 0.1) is 13.1 Å². The van der Waals surface area contributed by atoms with Crippen molar-refractivity contribution in [3.8, 4) is 12.3 Å². The van der Waals surface area contributed by atoms with Crippen LogP contribution in [0.2, 0.25) is 0 Å². The summed E-state index contributed by atoms with van der Waals surface area (Å²) in [6, 6.07) is 2.79. The third-order valence-corrected chi connectivity index (χ3v) is 2.72. The van der Waals surface area contributed by atoms with E-state index in [0.717, 1.165) is 16.2 Å². The zero-order valence-electron chi connectivity index (χ0n) is 8.32. The van der Waals surface area contributed by atoms with E-state index in [0.29, 0.717) is 0 Å². The van der Waals surface area contributed by atoms with E-state index in [1.807, 2.05) is 0 Å². The van der Waals surface area contributed by atoms with Gasteiger partial charge >= 0.3 is 12.0 Å². The van der Waals surface area contributed by atoms with E-state index in [-0.39, 0.29) is 24.0 Å². The third kappa shape index (κ3) is 3.63. The highest BCUT2D eigenvalue weighted by Crippen LogP contribution is 2.15. The Bertz CT molecular complexity index is 434. The summed E-state index contributed by atoms with van der Waals surface area (Å²) < 4.78 is 0. The van der Waals surface area contributed by atoms with E-state index in [1.54, 1.807) is 6.07 Å². The first kappa shape index (κ1) is 12.1. The summed E-state index contributed by atoms with van der Waals surface area (Å²) in [6.07, 6.45) is 4.97. The number of carbonyl (C=O) groups is 2. The van der Waals surface area contributed by atoms with Crippen LogP contribution in [-0.4, -0.2) is 23.7 Å². The summed E-state index contributed by atoms with van der Waals surface area (Å²) in [4.78, 5) is 22.7. The number of rotatable bonds is 4. The van der Waals surface area contributed by atoms with Crippen molar-refractivity contribution in [1.29, 1.82) is 0 Å². The number of nitrogens with one attached hydrogen (secondary N) is 2. The normalized spacial score (nSPS) is 9.19. The molecule has 0 aliphatic rings. The molecule has 0 saturated heterocycles. The Morgan fingerprint density at radius 2 is 2.19 bits per heavy atom. The van der Waals surface area contributed by atoms with Gasteiger partial charge in [0, 0.05) is 4.88 Å². The summed E-state index contributed by atoms with van der Waals surface area (Å²) in [5, 5.41) is 13.7. The number of terminal acetylenes is 1. The monoisotopic (exact) mass is 238 g/mol. The Labute approximate surface area is 96.5 Å². The molecule has 2 amide bonds. The van der Waals surface area contributed by atoms with Crippen molar-refractivity contribution in [2.24, 2.45) is 0 Å². The zero-order chi connectivity index (χ0) is 12.0. The molecule has 5 nitrogen and oxygen atoms in total. The Morgan fingerprint density at radius 3 is 2.75 bits per heavy atom. The SMILES string of the molecule is C#CCNC(=O)NCc1ccc(C(=O)O)s1. The molecule has 0 unspecified atom stereocenters. The predicted octanol–water partition coefficient (Wildman–Crippen LogP) is 0.879. The standard InChI is InChI=1S/C10H10N2O3S/c1-2-5-11-10(15)12-6-7-3-4-8(16-7)9(13)14/h1,3-4H,5-6H2,(H,13,14)(H2,11,12,15). The lowest BCUT2D eigenvalue weighted by Gasteiger charge is -2.02. The molecule has 1 heterocycles. The molecule has 0 aliphatic carbocycles. The molecular formula is C10H10N2O3S. The Hall–Kier alpha value is -2.00. The lowest BCUT2D eigenvalue weighted by atomic mass is 10.4. The van der Waals surface area contributed by atoms with Crippen LogP contribution in [0.15, 0.2) is 12.1 Å². The number of carboxylic acids is 1. The van der Waals surface area contributed by atoms with Crippen LogP contribution >= 0.6 is 11.3 Å². The number of urea groups is 1. The molecule has 3 N–H and O–H groups in total. The number of hydrogen-bond acceptors (Lipinski definition) is 3. The minimum Gasteiger partial charge on any atom is -0.477 e. The lowest BCUT2D eigenvalue weighted by molar-refractivity contribution is 0.0702. The van der Waals surface area contributed by atoms with Crippen molar-refractivity contribution >= 4 is 23.3 Å². The first-order chi connectivity index (χ1) is 7.63. The largest absolute Gasteiger partial charge is 0.477 e. The fourth-order valence-electron chi connectivity index (χ4n) is 0.949. The fraction of sp³-hybridized carbons (Fsp3) is 0.200. The van der Waals surface area contributed by atoms with Crippen LogP contribution in [0, 0.1) is 12.3 Å². The van der Waals surface area contributed by atoms with Crippen molar-refractivity contribution in [2.45, 2.75) is 6.54 Å². The van der Waals surface area contributed by atoms with Crippen molar-refractivity contribution in [1.82, 2.24) is 10.6 Å². The quantitative estimate of drug-likeness (QED) is 0.681. The van der Waals surface area contributed by atoms with Crippen molar-refractivity contribution in [3.63, 3.8) is 0 Å². The second kappa shape index (κ2) is 5.78. The number of amides is 2. The average molecular weight is 238 g/mol. The van der Waals surface area contributed by atoms with E-state index >= 15 is 0 Å². The molecule has 0 saturated carbocycles. The fourth-order valence-corrected chi connectivity index (χ4v) is 1.74. The molecule has 1 rings (SSSR count). The second-order valence-corrected chi connectivity index (χ2v) is 3.98. The van der Waals surface area contributed by atoms with Crippen LogP contribution in [0.4, 0.5) is 4.79 Å². The molecule has 0 aliphatic heterocycles. The number of thiophene rings is 1. The van der Waals surface area contributed by atoms with Crippen molar-refractivity contribution < 1.29 is 14.7 Å². The lowest BCUT2D eigenvalue weighted by Crippen LogP contribution is -2.34. The van der Waals surface area contributed by atoms with E-state index in [9.17, 15) is 9.59 Å². The molecule has 0 aromatic carbocycles. The number of aromatic carboxylic acids is 1. The van der Waals surface area contributed by atoms with E-state index in [4.69, 9.17) is 11.5 Å². The summed E-state index contributed by atoms with van der Waals surface area (Å²) in [5.41, 5.74) is 0. The van der Waals surface area contributed by atoms with Crippen molar-refractivity contribution in [2.75, 3.05) is 6.54 Å². The number of carbonyl (C=O) groups excluding carboxylic acids is 1. The Balaban J connectivity index is 2.40. The van der Waals surface area contributed by atoms with Gasteiger partial charge in [0.25, 0.3) is 0 Å². The van der Waals surface area contributed by atoms with Gasteiger partial charge in [0.1, 0.15) is 4.88 Å². The maximum absolute atomic E-state index is 11.1. The van der Waals surface area contributed by atoms with Crippen LogP contribution in [0.25, 0.3) is 0 Å². The highest BCUT2D eigenvalue weighted by atomic mass is 32.1. The molecule has 0 atom stereocenters. The van der Waals surface area contributed by atoms with Crippen LogP contribution in [-0.2, 0) is 6.54 Å². The van der Waals surface area contributed by atoms with Gasteiger partial charge in [-0.3, -0.25) is 0 Å². The molecule has 0 bridgehead atoms. The van der Waals surface area contributed by atoms with Gasteiger partial charge in [-0.2, -0.15) is 0 Å². The summed E-state index contributed by atoms with van der Waals surface area (Å²) >= 11 is 1.12. The zero-order valence-corrected chi connectivity index (χ0v) is 9.13. The van der Waals surface area contributed by atoms with Gasteiger partial charge in [-0.05, 0) is 12.1 Å². The van der Waals surface area contributed by atoms with Crippen LogP contribution in [0.3, 0.4) is 0 Å². The van der Waals surface area contributed by atoms with Crippen LogP contribution in [0.5, 0.6) is 0 Å². The van der Waals surface area contributed by atoms with Crippen molar-refractivity contribution in [3.05, 3.63) is 21.9 Å². The van der Waals surface area contributed by atoms with E-state index < -0.39 is 5.97 Å². The number of carboxylic acid groups (broad SMARTS) is 1. The average Bonchev–Trinajstić information content (AvgIpc) is 2.72. The van der Waals surface area contributed by atoms with Gasteiger partial charge in [-0.1, -0.05) is 5.92 Å². The van der Waals surface area contributed by atoms with Crippen LogP contribution < -0.4 is 10.6 Å². The first-order valence-corrected chi connectivity index (χ1v) is 5.22. The molecular weight excluding hydrogens is 228 g/mol. The molecule has 0 fully saturated rings. The maximum atomic E-state index is 11.1. The van der Waals surface area contributed by atoms with Gasteiger partial charge < -0.3 is 15.7 Å². The maximum Gasteiger partial charge on any atom is 0.345 e. The van der Waals surface area contributed by atoms with Gasteiger partial charge in [-0.25, -0.2) is 9.59 Å². The summed E-state index contributed by atoms with van der Waals surface area (Å²) in [5.74, 6) is 1.30. The highest BCUT2D eigenvalue weighted by Gasteiger charge is 2.07. The van der Waals surface area contributed by atoms with E-state index in [1.165, 1.54) is 6.07 Å². The Morgan fingerprint density at radius 1 is 1.44 bits per heavy atom. The van der Waals surface area contributed by atoms with Gasteiger partial charge in [-0.15, -0.1) is 17.8 Å². The molecule has 0 spiro atoms. The van der Waals surface area contributed by atoms with E-state index in [2.05, 4.69) is 16.6 Å². The molecule has 6 heteroatoms. The molecule has 1 aromatic heterocycles. The minimum absolute atomic E-state index is 0.163. The topological polar surface area (TPSA) is 78.4 Å². The van der Waals surface area contributed by atoms with Gasteiger partial charge in [0.2, 0.25) is 0 Å². The molecule has 1 aromatic rings.